The van der Waals surface area contributed by atoms with Gasteiger partial charge in [-0.1, -0.05) is 11.6 Å². The molecule has 0 bridgehead atoms. The average molecular weight is 187 g/mol. The molecule has 66 valence electrons. The largest absolute Gasteiger partial charge is 0.383 e. The molecule has 0 aromatic carbocycles. The van der Waals surface area contributed by atoms with Crippen LogP contribution in [0.1, 0.15) is 12.5 Å². The highest BCUT2D eigenvalue weighted by Crippen LogP contribution is 2.17. The van der Waals surface area contributed by atoms with Gasteiger partial charge in [0.25, 0.3) is 0 Å². The average Bonchev–Trinajstić information content (AvgIpc) is 1.97. The fourth-order valence-corrected chi connectivity index (χ4v) is 1.13. The number of halogens is 1. The van der Waals surface area contributed by atoms with Gasteiger partial charge in [-0.25, -0.2) is 9.97 Å². The zero-order valence-corrected chi connectivity index (χ0v) is 7.54. The Kier molecular flexibility index (Phi) is 2.83. The van der Waals surface area contributed by atoms with Crippen molar-refractivity contribution in [1.82, 2.24) is 9.97 Å². The smallest absolute Gasteiger partial charge is 0.137 e. The first-order valence-electron chi connectivity index (χ1n) is 3.61. The first-order valence-corrected chi connectivity index (χ1v) is 3.99. The number of rotatable bonds is 2. The topological polar surface area (TPSA) is 77.8 Å². The molecule has 0 aliphatic heterocycles. The maximum absolute atomic E-state index is 5.79. The number of anilines is 1. The number of nitrogens with zero attached hydrogens (tertiary/aromatic N) is 2. The van der Waals surface area contributed by atoms with Crippen LogP contribution < -0.4 is 11.5 Å². The molecule has 0 amide bonds. The van der Waals surface area contributed by atoms with Crippen LogP contribution in [0.5, 0.6) is 0 Å². The SMILES string of the molecule is CC(N)Cc1c(N)ncnc1Cl. The third kappa shape index (κ3) is 2.06. The third-order valence-electron chi connectivity index (χ3n) is 1.45. The first-order chi connectivity index (χ1) is 5.61. The van der Waals surface area contributed by atoms with Gasteiger partial charge < -0.3 is 11.5 Å². The van der Waals surface area contributed by atoms with Crippen LogP contribution in [0, 0.1) is 0 Å². The highest BCUT2D eigenvalue weighted by Gasteiger charge is 2.08. The van der Waals surface area contributed by atoms with E-state index >= 15 is 0 Å². The van der Waals surface area contributed by atoms with E-state index in [1.54, 1.807) is 0 Å². The van der Waals surface area contributed by atoms with Gasteiger partial charge in [-0.3, -0.25) is 0 Å². The predicted molar refractivity (Wildman–Crippen MR) is 48.8 cm³/mol. The van der Waals surface area contributed by atoms with Crippen LogP contribution in [0.3, 0.4) is 0 Å². The van der Waals surface area contributed by atoms with E-state index in [1.807, 2.05) is 6.92 Å². The minimum absolute atomic E-state index is 0.01000. The Morgan fingerprint density at radius 2 is 2.25 bits per heavy atom. The molecule has 1 aromatic rings. The van der Waals surface area contributed by atoms with Gasteiger partial charge in [-0.15, -0.1) is 0 Å². The van der Waals surface area contributed by atoms with E-state index in [0.29, 0.717) is 17.4 Å². The van der Waals surface area contributed by atoms with Crippen molar-refractivity contribution in [3.05, 3.63) is 17.0 Å². The standard InChI is InChI=1S/C7H11ClN4/c1-4(9)2-5-6(8)11-3-12-7(5)10/h3-4H,2,9H2,1H3,(H2,10,11,12). The molecular weight excluding hydrogens is 176 g/mol. The Labute approximate surface area is 75.9 Å². The van der Waals surface area contributed by atoms with E-state index in [0.717, 1.165) is 5.56 Å². The van der Waals surface area contributed by atoms with Crippen molar-refractivity contribution < 1.29 is 0 Å². The molecule has 0 saturated heterocycles. The summed E-state index contributed by atoms with van der Waals surface area (Å²) < 4.78 is 0. The summed E-state index contributed by atoms with van der Waals surface area (Å²) in [6, 6.07) is 0.01000. The molecule has 0 radical (unpaired) electrons. The van der Waals surface area contributed by atoms with Crippen LogP contribution in [0.2, 0.25) is 5.15 Å². The van der Waals surface area contributed by atoms with Gasteiger partial charge >= 0.3 is 0 Å². The normalized spacial score (nSPS) is 12.9. The summed E-state index contributed by atoms with van der Waals surface area (Å²) in [4.78, 5) is 7.63. The molecule has 0 fully saturated rings. The Bertz CT molecular complexity index is 254. The number of nitrogens with two attached hydrogens (primary N) is 2. The molecular formula is C7H11ClN4. The molecule has 5 heteroatoms. The van der Waals surface area contributed by atoms with Gasteiger partial charge in [-0.05, 0) is 13.3 Å². The summed E-state index contributed by atoms with van der Waals surface area (Å²) in [5, 5.41) is 0.389. The second-order valence-corrected chi connectivity index (χ2v) is 3.07. The summed E-state index contributed by atoms with van der Waals surface area (Å²) in [6.07, 6.45) is 1.94. The van der Waals surface area contributed by atoms with Gasteiger partial charge in [0.1, 0.15) is 17.3 Å². The Hall–Kier alpha value is -0.870. The molecule has 1 atom stereocenters. The molecule has 0 aliphatic rings. The molecule has 0 aliphatic carbocycles. The maximum Gasteiger partial charge on any atom is 0.137 e. The molecule has 1 rings (SSSR count). The van der Waals surface area contributed by atoms with Crippen LogP contribution in [0.15, 0.2) is 6.33 Å². The van der Waals surface area contributed by atoms with Gasteiger partial charge in [0.05, 0.1) is 0 Å². The summed E-state index contributed by atoms with van der Waals surface area (Å²) >= 11 is 5.79. The maximum atomic E-state index is 5.79. The second-order valence-electron chi connectivity index (χ2n) is 2.71. The number of nitrogen functional groups attached to an aromatic ring is 1. The minimum atomic E-state index is 0.01000. The molecule has 4 nitrogen and oxygen atoms in total. The summed E-state index contributed by atoms with van der Waals surface area (Å²) in [5.41, 5.74) is 11.9. The molecule has 0 spiro atoms. The number of hydrogen-bond donors (Lipinski definition) is 2. The van der Waals surface area contributed by atoms with Crippen LogP contribution in [0.25, 0.3) is 0 Å². The third-order valence-corrected chi connectivity index (χ3v) is 1.78. The lowest BCUT2D eigenvalue weighted by Gasteiger charge is -2.07. The molecule has 1 aromatic heterocycles. The summed E-state index contributed by atoms with van der Waals surface area (Å²) in [7, 11) is 0. The van der Waals surface area contributed by atoms with Crippen molar-refractivity contribution in [3.63, 3.8) is 0 Å². The zero-order valence-electron chi connectivity index (χ0n) is 6.79. The molecule has 1 unspecified atom stereocenters. The van der Waals surface area contributed by atoms with E-state index in [2.05, 4.69) is 9.97 Å². The molecule has 12 heavy (non-hydrogen) atoms. The van der Waals surface area contributed by atoms with E-state index in [1.165, 1.54) is 6.33 Å². The van der Waals surface area contributed by atoms with Crippen LogP contribution in [-0.4, -0.2) is 16.0 Å². The lowest BCUT2D eigenvalue weighted by atomic mass is 10.1. The summed E-state index contributed by atoms with van der Waals surface area (Å²) in [5.74, 6) is 0.410. The second kappa shape index (κ2) is 3.69. The van der Waals surface area contributed by atoms with E-state index in [-0.39, 0.29) is 6.04 Å². The Morgan fingerprint density at radius 1 is 1.58 bits per heavy atom. The quantitative estimate of drug-likeness (QED) is 0.664. The monoisotopic (exact) mass is 186 g/mol. The lowest BCUT2D eigenvalue weighted by molar-refractivity contribution is 0.734. The predicted octanol–water partition coefficient (Wildman–Crippen LogP) is 0.602. The highest BCUT2D eigenvalue weighted by atomic mass is 35.5. The lowest BCUT2D eigenvalue weighted by Crippen LogP contribution is -2.19. The molecule has 4 N–H and O–H groups in total. The first kappa shape index (κ1) is 9.22. The van der Waals surface area contributed by atoms with Crippen LogP contribution >= 0.6 is 11.6 Å². The fraction of sp³-hybridized carbons (Fsp3) is 0.429. The molecule has 1 heterocycles. The Balaban J connectivity index is 2.96. The van der Waals surface area contributed by atoms with Crippen LogP contribution in [0.4, 0.5) is 5.82 Å². The van der Waals surface area contributed by atoms with Crippen molar-refractivity contribution in [2.45, 2.75) is 19.4 Å². The van der Waals surface area contributed by atoms with Gasteiger partial charge in [0.2, 0.25) is 0 Å². The number of aromatic nitrogens is 2. The van der Waals surface area contributed by atoms with E-state index in [4.69, 9.17) is 23.1 Å². The van der Waals surface area contributed by atoms with Gasteiger partial charge in [-0.2, -0.15) is 0 Å². The van der Waals surface area contributed by atoms with Gasteiger partial charge in [0, 0.05) is 11.6 Å². The minimum Gasteiger partial charge on any atom is -0.383 e. The van der Waals surface area contributed by atoms with Gasteiger partial charge in [0.15, 0.2) is 0 Å². The van der Waals surface area contributed by atoms with Crippen molar-refractivity contribution in [2.75, 3.05) is 5.73 Å². The van der Waals surface area contributed by atoms with Crippen LogP contribution in [-0.2, 0) is 6.42 Å². The van der Waals surface area contributed by atoms with E-state index in [9.17, 15) is 0 Å². The zero-order chi connectivity index (χ0) is 9.14. The highest BCUT2D eigenvalue weighted by molar-refractivity contribution is 6.30. The summed E-state index contributed by atoms with van der Waals surface area (Å²) in [6.45, 7) is 1.88. The van der Waals surface area contributed by atoms with Crippen molar-refractivity contribution in [3.8, 4) is 0 Å². The van der Waals surface area contributed by atoms with Crippen molar-refractivity contribution in [2.24, 2.45) is 5.73 Å². The van der Waals surface area contributed by atoms with E-state index < -0.39 is 0 Å². The van der Waals surface area contributed by atoms with Crippen molar-refractivity contribution >= 4 is 17.4 Å². The number of hydrogen-bond acceptors (Lipinski definition) is 4. The van der Waals surface area contributed by atoms with Crippen molar-refractivity contribution in [1.29, 1.82) is 0 Å². The Morgan fingerprint density at radius 3 is 2.75 bits per heavy atom. The fourth-order valence-electron chi connectivity index (χ4n) is 0.914. The molecule has 0 saturated carbocycles.